The molecule has 3 rings (SSSR count). The van der Waals surface area contributed by atoms with Crippen molar-refractivity contribution < 1.29 is 28.9 Å². The number of thioether (sulfide) groups is 1. The van der Waals surface area contributed by atoms with Crippen molar-refractivity contribution in [3.05, 3.63) is 73.8 Å². The highest BCUT2D eigenvalue weighted by Crippen LogP contribution is 2.42. The Labute approximate surface area is 204 Å². The van der Waals surface area contributed by atoms with Gasteiger partial charge < -0.3 is 19.3 Å². The third-order valence-corrected chi connectivity index (χ3v) is 6.38. The fourth-order valence-corrected chi connectivity index (χ4v) is 4.62. The zero-order valence-corrected chi connectivity index (χ0v) is 20.9. The number of carbonyl (C=O) groups excluding carboxylic acids is 2. The summed E-state index contributed by atoms with van der Waals surface area (Å²) in [6.45, 7) is 3.56. The van der Waals surface area contributed by atoms with E-state index in [2.05, 4.69) is 20.9 Å². The average Bonchev–Trinajstić information content (AvgIpc) is 3.08. The van der Waals surface area contributed by atoms with Gasteiger partial charge >= 0.3 is 5.97 Å². The number of benzene rings is 2. The lowest BCUT2D eigenvalue weighted by Gasteiger charge is -2.10. The molecule has 172 valence electrons. The van der Waals surface area contributed by atoms with Crippen molar-refractivity contribution >= 4 is 50.7 Å². The van der Waals surface area contributed by atoms with Crippen LogP contribution in [0.15, 0.2) is 62.1 Å². The smallest absolute Gasteiger partial charge is 0.344 e. The van der Waals surface area contributed by atoms with Crippen LogP contribution < -0.4 is 9.47 Å². The lowest BCUT2D eigenvalue weighted by atomic mass is 10.1. The van der Waals surface area contributed by atoms with Gasteiger partial charge in [0.1, 0.15) is 27.9 Å². The number of amides is 1. The summed E-state index contributed by atoms with van der Waals surface area (Å²) in [4.78, 5) is 29.9. The van der Waals surface area contributed by atoms with Gasteiger partial charge in [0.2, 0.25) is 0 Å². The minimum atomic E-state index is -0.759. The van der Waals surface area contributed by atoms with Crippen LogP contribution in [0.1, 0.15) is 28.4 Å². The summed E-state index contributed by atoms with van der Waals surface area (Å²) in [6.07, 6.45) is 1.64. The fourth-order valence-electron chi connectivity index (χ4n) is 3.09. The summed E-state index contributed by atoms with van der Waals surface area (Å²) in [6, 6.07) is 10.5. The molecule has 9 heteroatoms. The molecule has 0 radical (unpaired) electrons. The van der Waals surface area contributed by atoms with E-state index in [1.54, 1.807) is 57.4 Å². The van der Waals surface area contributed by atoms with Crippen LogP contribution in [-0.4, -0.2) is 42.9 Å². The van der Waals surface area contributed by atoms with Gasteiger partial charge in [0, 0.05) is 17.2 Å². The Morgan fingerprint density at radius 1 is 1.15 bits per heavy atom. The Kier molecular flexibility index (Phi) is 7.99. The quantitative estimate of drug-likeness (QED) is 0.493. The molecule has 2 aromatic carbocycles. The zero-order valence-electron chi connectivity index (χ0n) is 18.5. The van der Waals surface area contributed by atoms with Crippen LogP contribution in [0, 0.1) is 6.92 Å². The molecule has 1 heterocycles. The predicted molar refractivity (Wildman–Crippen MR) is 132 cm³/mol. The predicted octanol–water partition coefficient (Wildman–Crippen LogP) is 5.48. The summed E-state index contributed by atoms with van der Waals surface area (Å²) in [5.74, 6) is -0.522. The third-order valence-electron chi connectivity index (χ3n) is 4.74. The summed E-state index contributed by atoms with van der Waals surface area (Å²) in [5, 5.41) is 10.9. The number of carbonyl (C=O) groups is 2. The van der Waals surface area contributed by atoms with Gasteiger partial charge in [-0.15, -0.1) is 0 Å². The Morgan fingerprint density at radius 3 is 2.48 bits per heavy atom. The van der Waals surface area contributed by atoms with Crippen molar-refractivity contribution in [3.8, 4) is 11.5 Å². The molecule has 1 aliphatic rings. The first-order valence-electron chi connectivity index (χ1n) is 9.91. The molecule has 1 amide bonds. The number of halogens is 1. The summed E-state index contributed by atoms with van der Waals surface area (Å²) >= 11 is 4.44. The summed E-state index contributed by atoms with van der Waals surface area (Å²) < 4.78 is 16.5. The molecule has 2 aromatic rings. The Balaban J connectivity index is 2.09. The molecular weight excluding hydrogens is 510 g/mol. The zero-order chi connectivity index (χ0) is 24.1. The SMILES string of the molecule is CCOC(=O)C1=C(O)/C(=C/c2cc(Br)c(OC)cc2OC)SC1=NC(=O)c1ccccc1C. The second kappa shape index (κ2) is 10.7. The molecule has 1 N–H and O–H groups in total. The van der Waals surface area contributed by atoms with Gasteiger partial charge in [0.25, 0.3) is 5.91 Å². The number of rotatable bonds is 6. The Hall–Kier alpha value is -3.04. The first kappa shape index (κ1) is 24.6. The van der Waals surface area contributed by atoms with E-state index in [0.29, 0.717) is 32.0 Å². The Bertz CT molecular complexity index is 1200. The molecule has 0 aromatic heterocycles. The van der Waals surface area contributed by atoms with E-state index in [0.717, 1.165) is 17.3 Å². The van der Waals surface area contributed by atoms with Crippen molar-refractivity contribution in [3.63, 3.8) is 0 Å². The van der Waals surface area contributed by atoms with Crippen LogP contribution in [0.2, 0.25) is 0 Å². The number of hydrogen-bond acceptors (Lipinski definition) is 7. The summed E-state index contributed by atoms with van der Waals surface area (Å²) in [5.41, 5.74) is 1.63. The number of aliphatic hydroxyl groups is 1. The van der Waals surface area contributed by atoms with Gasteiger partial charge in [0.15, 0.2) is 0 Å². The number of aliphatic imine (C=N–C) groups is 1. The van der Waals surface area contributed by atoms with Crippen LogP contribution in [0.3, 0.4) is 0 Å². The number of aryl methyl sites for hydroxylation is 1. The van der Waals surface area contributed by atoms with Crippen molar-refractivity contribution in [2.75, 3.05) is 20.8 Å². The van der Waals surface area contributed by atoms with E-state index in [1.807, 2.05) is 6.07 Å². The molecule has 1 aliphatic heterocycles. The number of esters is 1. The maximum absolute atomic E-state index is 12.8. The number of ether oxygens (including phenoxy) is 3. The van der Waals surface area contributed by atoms with E-state index < -0.39 is 11.9 Å². The van der Waals surface area contributed by atoms with Gasteiger partial charge in [-0.05, 0) is 53.5 Å². The normalized spacial score (nSPS) is 15.8. The molecular formula is C24H22BrNO6S. The molecule has 0 aliphatic carbocycles. The highest BCUT2D eigenvalue weighted by Gasteiger charge is 2.34. The fraction of sp³-hybridized carbons (Fsp3) is 0.208. The van der Waals surface area contributed by atoms with Crippen LogP contribution in [-0.2, 0) is 9.53 Å². The molecule has 0 saturated carbocycles. The molecule has 33 heavy (non-hydrogen) atoms. The second-order valence-electron chi connectivity index (χ2n) is 6.82. The van der Waals surface area contributed by atoms with Gasteiger partial charge in [0.05, 0.1) is 30.2 Å². The molecule has 0 bridgehead atoms. The van der Waals surface area contributed by atoms with Gasteiger partial charge in [-0.3, -0.25) is 4.79 Å². The summed E-state index contributed by atoms with van der Waals surface area (Å²) in [7, 11) is 3.05. The van der Waals surface area contributed by atoms with Crippen LogP contribution in [0.4, 0.5) is 0 Å². The Morgan fingerprint density at radius 2 is 1.85 bits per heavy atom. The van der Waals surface area contributed by atoms with E-state index in [9.17, 15) is 14.7 Å². The van der Waals surface area contributed by atoms with Crippen LogP contribution in [0.5, 0.6) is 11.5 Å². The third kappa shape index (κ3) is 5.31. The monoisotopic (exact) mass is 531 g/mol. The second-order valence-corrected chi connectivity index (χ2v) is 8.71. The maximum atomic E-state index is 12.8. The van der Waals surface area contributed by atoms with E-state index in [4.69, 9.17) is 14.2 Å². The number of nitrogens with zero attached hydrogens (tertiary/aromatic N) is 1. The largest absolute Gasteiger partial charge is 0.506 e. The lowest BCUT2D eigenvalue weighted by Crippen LogP contribution is -2.14. The average molecular weight is 532 g/mol. The molecule has 0 unspecified atom stereocenters. The van der Waals surface area contributed by atoms with Crippen molar-refractivity contribution in [2.45, 2.75) is 13.8 Å². The van der Waals surface area contributed by atoms with E-state index in [-0.39, 0.29) is 23.0 Å². The molecule has 0 spiro atoms. The molecule has 0 saturated heterocycles. The first-order chi connectivity index (χ1) is 15.8. The number of methoxy groups -OCH3 is 2. The minimum absolute atomic E-state index is 0.0667. The standard InChI is InChI=1S/C24H22BrNO6S/c1-5-32-24(29)20-21(27)19(11-14-10-16(25)18(31-4)12-17(14)30-3)33-23(20)26-22(28)15-9-7-6-8-13(15)2/h6-12,27H,5H2,1-4H3/b19-11-,26-23?. The van der Waals surface area contributed by atoms with Crippen LogP contribution >= 0.6 is 27.7 Å². The van der Waals surface area contributed by atoms with Crippen LogP contribution in [0.25, 0.3) is 6.08 Å². The van der Waals surface area contributed by atoms with Gasteiger partial charge in [-0.2, -0.15) is 0 Å². The molecule has 7 nitrogen and oxygen atoms in total. The van der Waals surface area contributed by atoms with E-state index in [1.165, 1.54) is 7.11 Å². The van der Waals surface area contributed by atoms with Crippen molar-refractivity contribution in [2.24, 2.45) is 4.99 Å². The molecule has 0 atom stereocenters. The highest BCUT2D eigenvalue weighted by molar-refractivity contribution is 9.10. The van der Waals surface area contributed by atoms with Gasteiger partial charge in [-0.1, -0.05) is 30.0 Å². The van der Waals surface area contributed by atoms with Crippen molar-refractivity contribution in [1.82, 2.24) is 0 Å². The number of hydrogen-bond donors (Lipinski definition) is 1. The highest BCUT2D eigenvalue weighted by atomic mass is 79.9. The topological polar surface area (TPSA) is 94.4 Å². The lowest BCUT2D eigenvalue weighted by molar-refractivity contribution is -0.138. The van der Waals surface area contributed by atoms with Gasteiger partial charge in [-0.25, -0.2) is 9.79 Å². The number of aliphatic hydroxyl groups excluding tert-OH is 1. The maximum Gasteiger partial charge on any atom is 0.344 e. The minimum Gasteiger partial charge on any atom is -0.506 e. The van der Waals surface area contributed by atoms with E-state index >= 15 is 0 Å². The van der Waals surface area contributed by atoms with Crippen molar-refractivity contribution in [1.29, 1.82) is 0 Å². The molecule has 0 fully saturated rings. The first-order valence-corrected chi connectivity index (χ1v) is 11.5.